The topological polar surface area (TPSA) is 128 Å². The third-order valence-electron chi connectivity index (χ3n) is 3.75. The van der Waals surface area contributed by atoms with Crippen molar-refractivity contribution in [1.82, 2.24) is 4.90 Å². The van der Waals surface area contributed by atoms with Gasteiger partial charge in [-0.15, -0.1) is 0 Å². The molecule has 1 saturated heterocycles. The van der Waals surface area contributed by atoms with Gasteiger partial charge in [-0.05, 0) is 18.6 Å². The molecule has 140 valence electrons. The van der Waals surface area contributed by atoms with Gasteiger partial charge in [0.25, 0.3) is 11.6 Å². The number of rotatable bonds is 8. The molecule has 2 amide bonds. The average molecular weight is 365 g/mol. The number of likely N-dealkylation sites (tertiary alicyclic amines) is 1. The Labute approximate surface area is 149 Å². The van der Waals surface area contributed by atoms with E-state index in [1.165, 1.54) is 19.2 Å². The molecule has 0 radical (unpaired) electrons. The number of hydrogen-bond acceptors (Lipinski definition) is 8. The Morgan fingerprint density at radius 1 is 1.38 bits per heavy atom. The molecule has 1 aliphatic rings. The summed E-state index contributed by atoms with van der Waals surface area (Å²) in [5.41, 5.74) is -0.117. The molecule has 0 saturated carbocycles. The largest absolute Gasteiger partial charge is 0.452 e. The summed E-state index contributed by atoms with van der Waals surface area (Å²) in [4.78, 5) is 47.0. The number of carbonyl (C=O) groups is 3. The molecule has 10 heteroatoms. The fourth-order valence-corrected chi connectivity index (χ4v) is 2.45. The summed E-state index contributed by atoms with van der Waals surface area (Å²) < 4.78 is 9.74. The normalized spacial score (nSPS) is 13.6. The van der Waals surface area contributed by atoms with Crippen molar-refractivity contribution in [2.45, 2.75) is 12.8 Å². The van der Waals surface area contributed by atoms with E-state index in [9.17, 15) is 24.5 Å². The van der Waals surface area contributed by atoms with Gasteiger partial charge in [0.1, 0.15) is 5.69 Å². The van der Waals surface area contributed by atoms with Crippen LogP contribution in [0.4, 0.5) is 11.4 Å². The van der Waals surface area contributed by atoms with Crippen molar-refractivity contribution in [3.63, 3.8) is 0 Å². The van der Waals surface area contributed by atoms with Crippen LogP contribution in [0.25, 0.3) is 0 Å². The maximum atomic E-state index is 12.1. The summed E-state index contributed by atoms with van der Waals surface area (Å²) in [5, 5.41) is 14.0. The Hall–Kier alpha value is -3.01. The van der Waals surface area contributed by atoms with E-state index in [4.69, 9.17) is 9.47 Å². The van der Waals surface area contributed by atoms with Gasteiger partial charge in [0.15, 0.2) is 6.61 Å². The lowest BCUT2D eigenvalue weighted by Gasteiger charge is -2.13. The summed E-state index contributed by atoms with van der Waals surface area (Å²) in [6.45, 7) is 0.437. The summed E-state index contributed by atoms with van der Waals surface area (Å²) in [5.74, 6) is -1.78. The minimum absolute atomic E-state index is 0.0606. The molecule has 0 atom stereocenters. The molecule has 0 unspecified atom stereocenters. The lowest BCUT2D eigenvalue weighted by atomic mass is 10.1. The van der Waals surface area contributed by atoms with E-state index in [-0.39, 0.29) is 22.8 Å². The monoisotopic (exact) mass is 365 g/mol. The molecule has 26 heavy (non-hydrogen) atoms. The molecule has 2 rings (SSSR count). The number of benzene rings is 1. The summed E-state index contributed by atoms with van der Waals surface area (Å²) in [7, 11) is 1.51. The van der Waals surface area contributed by atoms with Gasteiger partial charge in [0.2, 0.25) is 5.91 Å². The highest BCUT2D eigenvalue weighted by atomic mass is 16.6. The molecule has 1 heterocycles. The van der Waals surface area contributed by atoms with E-state index in [0.29, 0.717) is 32.5 Å². The highest BCUT2D eigenvalue weighted by Crippen LogP contribution is 2.25. The molecular formula is C16H19N3O7. The third kappa shape index (κ3) is 4.76. The molecule has 0 spiro atoms. The lowest BCUT2D eigenvalue weighted by molar-refractivity contribution is -0.384. The van der Waals surface area contributed by atoms with Crippen molar-refractivity contribution in [2.24, 2.45) is 0 Å². The van der Waals surface area contributed by atoms with Gasteiger partial charge < -0.3 is 14.8 Å². The van der Waals surface area contributed by atoms with Crippen molar-refractivity contribution in [3.05, 3.63) is 33.9 Å². The maximum Gasteiger partial charge on any atom is 0.338 e. The molecule has 0 aromatic heterocycles. The van der Waals surface area contributed by atoms with Gasteiger partial charge in [-0.2, -0.15) is 0 Å². The minimum Gasteiger partial charge on any atom is -0.452 e. The molecule has 0 aliphatic carbocycles. The van der Waals surface area contributed by atoms with E-state index in [0.717, 1.165) is 11.0 Å². The van der Waals surface area contributed by atoms with Crippen LogP contribution in [-0.2, 0) is 19.1 Å². The number of hydrogen-bond donors (Lipinski definition) is 1. The van der Waals surface area contributed by atoms with Crippen molar-refractivity contribution < 1.29 is 28.8 Å². The van der Waals surface area contributed by atoms with Crippen LogP contribution < -0.4 is 5.32 Å². The van der Waals surface area contributed by atoms with Crippen molar-refractivity contribution in [3.8, 4) is 0 Å². The number of nitrogens with zero attached hydrogens (tertiary/aromatic N) is 2. The number of anilines is 1. The number of ether oxygens (including phenoxy) is 2. The zero-order valence-electron chi connectivity index (χ0n) is 14.2. The number of nitrogens with one attached hydrogen (secondary N) is 1. The number of nitro groups is 1. The van der Waals surface area contributed by atoms with Crippen LogP contribution in [0.1, 0.15) is 23.2 Å². The molecule has 1 N–H and O–H groups in total. The van der Waals surface area contributed by atoms with Gasteiger partial charge in [-0.1, -0.05) is 0 Å². The van der Waals surface area contributed by atoms with E-state index in [1.54, 1.807) is 0 Å². The minimum atomic E-state index is -0.878. The third-order valence-corrected chi connectivity index (χ3v) is 3.75. The van der Waals surface area contributed by atoms with Gasteiger partial charge in [0, 0.05) is 32.7 Å². The number of imide groups is 1. The maximum absolute atomic E-state index is 12.1. The standard InChI is InChI=1S/C16H19N3O7/c1-25-8-6-17-12-5-4-11(9-13(12)19(23)24)16(22)26-10-15(21)18-7-2-3-14(18)20/h4-5,9,17H,2-3,6-8,10H2,1H3. The predicted molar refractivity (Wildman–Crippen MR) is 89.7 cm³/mol. The van der Waals surface area contributed by atoms with Gasteiger partial charge in [-0.3, -0.25) is 24.6 Å². The van der Waals surface area contributed by atoms with Gasteiger partial charge >= 0.3 is 5.97 Å². The van der Waals surface area contributed by atoms with Crippen LogP contribution in [0.15, 0.2) is 18.2 Å². The van der Waals surface area contributed by atoms with Crippen molar-refractivity contribution >= 4 is 29.2 Å². The second-order valence-electron chi connectivity index (χ2n) is 5.53. The van der Waals surface area contributed by atoms with Crippen LogP contribution in [-0.4, -0.2) is 61.0 Å². The van der Waals surface area contributed by atoms with Crippen molar-refractivity contribution in [2.75, 3.05) is 38.7 Å². The van der Waals surface area contributed by atoms with E-state index >= 15 is 0 Å². The fraction of sp³-hybridized carbons (Fsp3) is 0.438. The average Bonchev–Trinajstić information content (AvgIpc) is 3.05. The van der Waals surface area contributed by atoms with Crippen LogP contribution >= 0.6 is 0 Å². The number of methoxy groups -OCH3 is 1. The highest BCUT2D eigenvalue weighted by molar-refractivity contribution is 5.99. The Morgan fingerprint density at radius 2 is 2.15 bits per heavy atom. The number of carbonyl (C=O) groups excluding carboxylic acids is 3. The quantitative estimate of drug-likeness (QED) is 0.312. The van der Waals surface area contributed by atoms with Crippen LogP contribution in [0, 0.1) is 10.1 Å². The zero-order chi connectivity index (χ0) is 19.1. The van der Waals surface area contributed by atoms with Crippen molar-refractivity contribution in [1.29, 1.82) is 0 Å². The first kappa shape index (κ1) is 19.3. The fourth-order valence-electron chi connectivity index (χ4n) is 2.45. The smallest absolute Gasteiger partial charge is 0.338 e. The molecule has 1 aliphatic heterocycles. The molecule has 1 aromatic carbocycles. The first-order valence-corrected chi connectivity index (χ1v) is 7.95. The SMILES string of the molecule is COCCNc1ccc(C(=O)OCC(=O)N2CCCC2=O)cc1[N+](=O)[O-]. The summed E-state index contributed by atoms with van der Waals surface area (Å²) in [6.07, 6.45) is 0.881. The number of amides is 2. The summed E-state index contributed by atoms with van der Waals surface area (Å²) >= 11 is 0. The Balaban J connectivity index is 2.01. The first-order chi connectivity index (χ1) is 12.4. The van der Waals surface area contributed by atoms with Crippen LogP contribution in [0.3, 0.4) is 0 Å². The highest BCUT2D eigenvalue weighted by Gasteiger charge is 2.27. The summed E-state index contributed by atoms with van der Waals surface area (Å²) in [6, 6.07) is 3.81. The number of nitro benzene ring substituents is 1. The molecular weight excluding hydrogens is 346 g/mol. The predicted octanol–water partition coefficient (Wildman–Crippen LogP) is 0.959. The Bertz CT molecular complexity index is 720. The Morgan fingerprint density at radius 3 is 2.77 bits per heavy atom. The zero-order valence-corrected chi connectivity index (χ0v) is 14.2. The molecule has 1 aromatic rings. The number of esters is 1. The second-order valence-corrected chi connectivity index (χ2v) is 5.53. The van der Waals surface area contributed by atoms with Crippen LogP contribution in [0.5, 0.6) is 0 Å². The van der Waals surface area contributed by atoms with Gasteiger partial charge in [-0.25, -0.2) is 4.79 Å². The Kier molecular flexibility index (Phi) is 6.61. The lowest BCUT2D eigenvalue weighted by Crippen LogP contribution is -2.35. The molecule has 10 nitrogen and oxygen atoms in total. The molecule has 0 bridgehead atoms. The van der Waals surface area contributed by atoms with Gasteiger partial charge in [0.05, 0.1) is 17.1 Å². The van der Waals surface area contributed by atoms with Crippen LogP contribution in [0.2, 0.25) is 0 Å². The second kappa shape index (κ2) is 8.90. The first-order valence-electron chi connectivity index (χ1n) is 7.95. The van der Waals surface area contributed by atoms with E-state index < -0.39 is 23.4 Å². The van der Waals surface area contributed by atoms with E-state index in [1.807, 2.05) is 0 Å². The van der Waals surface area contributed by atoms with E-state index in [2.05, 4.69) is 5.32 Å². The molecule has 1 fully saturated rings.